The SMILES string of the molecule is COc1ccc(CC(=O)N(C2CC2)[C@H](C)c2cccc(C(F)(F)F)c2)cc1OC. The van der Waals surface area contributed by atoms with E-state index >= 15 is 0 Å². The lowest BCUT2D eigenvalue weighted by Gasteiger charge is -2.30. The summed E-state index contributed by atoms with van der Waals surface area (Å²) in [5, 5.41) is 0. The van der Waals surface area contributed by atoms with E-state index in [1.807, 2.05) is 0 Å². The molecule has 2 aromatic rings. The van der Waals surface area contributed by atoms with Gasteiger partial charge in [0.15, 0.2) is 11.5 Å². The molecule has 3 rings (SSSR count). The molecule has 0 radical (unpaired) electrons. The van der Waals surface area contributed by atoms with Gasteiger partial charge >= 0.3 is 6.18 Å². The Bertz CT molecular complexity index is 878. The van der Waals surface area contributed by atoms with E-state index < -0.39 is 17.8 Å². The molecule has 0 aliphatic heterocycles. The van der Waals surface area contributed by atoms with Crippen molar-refractivity contribution in [1.82, 2.24) is 4.90 Å². The fourth-order valence-electron chi connectivity index (χ4n) is 3.48. The molecule has 0 heterocycles. The smallest absolute Gasteiger partial charge is 0.416 e. The van der Waals surface area contributed by atoms with E-state index in [1.165, 1.54) is 20.3 Å². The van der Waals surface area contributed by atoms with Gasteiger partial charge in [-0.15, -0.1) is 0 Å². The number of rotatable bonds is 7. The molecular formula is C22H24F3NO3. The predicted molar refractivity (Wildman–Crippen MR) is 103 cm³/mol. The minimum Gasteiger partial charge on any atom is -0.493 e. The van der Waals surface area contributed by atoms with Gasteiger partial charge in [-0.3, -0.25) is 4.79 Å². The zero-order valence-electron chi connectivity index (χ0n) is 16.6. The molecule has 0 spiro atoms. The summed E-state index contributed by atoms with van der Waals surface area (Å²) in [5.74, 6) is 0.978. The van der Waals surface area contributed by atoms with Crippen molar-refractivity contribution in [3.05, 3.63) is 59.2 Å². The van der Waals surface area contributed by atoms with E-state index in [-0.39, 0.29) is 18.4 Å². The van der Waals surface area contributed by atoms with Gasteiger partial charge in [0, 0.05) is 6.04 Å². The Labute approximate surface area is 168 Å². The van der Waals surface area contributed by atoms with Crippen LogP contribution in [0.1, 0.15) is 42.5 Å². The highest BCUT2D eigenvalue weighted by Gasteiger charge is 2.37. The van der Waals surface area contributed by atoms with Crippen LogP contribution >= 0.6 is 0 Å². The highest BCUT2D eigenvalue weighted by Crippen LogP contribution is 2.37. The van der Waals surface area contributed by atoms with Crippen molar-refractivity contribution in [2.24, 2.45) is 0 Å². The number of amides is 1. The molecule has 0 aromatic heterocycles. The fraction of sp³-hybridized carbons (Fsp3) is 0.409. The molecule has 156 valence electrons. The third kappa shape index (κ3) is 4.83. The molecule has 1 aliphatic rings. The molecule has 0 unspecified atom stereocenters. The summed E-state index contributed by atoms with van der Waals surface area (Å²) in [6, 6.07) is 10.1. The van der Waals surface area contributed by atoms with E-state index in [9.17, 15) is 18.0 Å². The first-order chi connectivity index (χ1) is 13.7. The molecule has 1 saturated carbocycles. The van der Waals surface area contributed by atoms with E-state index in [0.29, 0.717) is 17.1 Å². The van der Waals surface area contributed by atoms with Crippen molar-refractivity contribution in [3.63, 3.8) is 0 Å². The normalized spacial score (nSPS) is 15.0. The number of carbonyl (C=O) groups excluding carboxylic acids is 1. The van der Waals surface area contributed by atoms with Crippen LogP contribution in [0.25, 0.3) is 0 Å². The topological polar surface area (TPSA) is 38.8 Å². The van der Waals surface area contributed by atoms with Crippen LogP contribution in [0.15, 0.2) is 42.5 Å². The zero-order valence-corrected chi connectivity index (χ0v) is 16.6. The summed E-state index contributed by atoms with van der Waals surface area (Å²) in [6.07, 6.45) is -2.55. The quantitative estimate of drug-likeness (QED) is 0.647. The van der Waals surface area contributed by atoms with Crippen LogP contribution in [0.2, 0.25) is 0 Å². The zero-order chi connectivity index (χ0) is 21.2. The summed E-state index contributed by atoms with van der Waals surface area (Å²) in [5.41, 5.74) is 0.534. The maximum Gasteiger partial charge on any atom is 0.416 e. The molecule has 0 bridgehead atoms. The van der Waals surface area contributed by atoms with Crippen LogP contribution in [0.4, 0.5) is 13.2 Å². The largest absolute Gasteiger partial charge is 0.493 e. The van der Waals surface area contributed by atoms with Gasteiger partial charge < -0.3 is 14.4 Å². The Morgan fingerprint density at radius 1 is 1.10 bits per heavy atom. The monoisotopic (exact) mass is 407 g/mol. The molecule has 1 aliphatic carbocycles. The van der Waals surface area contributed by atoms with Gasteiger partial charge in [-0.25, -0.2) is 0 Å². The van der Waals surface area contributed by atoms with Gasteiger partial charge in [0.2, 0.25) is 5.91 Å². The van der Waals surface area contributed by atoms with Crippen LogP contribution in [0.5, 0.6) is 11.5 Å². The summed E-state index contributed by atoms with van der Waals surface area (Å²) in [7, 11) is 3.06. The van der Waals surface area contributed by atoms with E-state index in [2.05, 4.69) is 0 Å². The highest BCUT2D eigenvalue weighted by atomic mass is 19.4. The minimum absolute atomic E-state index is 0.0622. The van der Waals surface area contributed by atoms with Crippen molar-refractivity contribution in [2.75, 3.05) is 14.2 Å². The van der Waals surface area contributed by atoms with Crippen molar-refractivity contribution in [1.29, 1.82) is 0 Å². The first kappa shape index (κ1) is 21.0. The van der Waals surface area contributed by atoms with Gasteiger partial charge in [-0.1, -0.05) is 18.2 Å². The predicted octanol–water partition coefficient (Wildman–Crippen LogP) is 5.02. The second kappa shape index (κ2) is 8.35. The van der Waals surface area contributed by atoms with Gasteiger partial charge in [-0.05, 0) is 55.2 Å². The second-order valence-corrected chi connectivity index (χ2v) is 7.20. The van der Waals surface area contributed by atoms with Gasteiger partial charge in [0.25, 0.3) is 0 Å². The van der Waals surface area contributed by atoms with Crippen LogP contribution in [0, 0.1) is 0 Å². The maximum atomic E-state index is 13.1. The van der Waals surface area contributed by atoms with Crippen LogP contribution < -0.4 is 9.47 Å². The maximum absolute atomic E-state index is 13.1. The molecule has 2 aromatic carbocycles. The lowest BCUT2D eigenvalue weighted by atomic mass is 10.0. The molecule has 1 fully saturated rings. The number of carbonyl (C=O) groups is 1. The van der Waals surface area contributed by atoms with Crippen molar-refractivity contribution in [3.8, 4) is 11.5 Å². The standard InChI is InChI=1S/C22H24F3NO3/c1-14(16-5-4-6-17(13-16)22(23,24)25)26(18-8-9-18)21(27)12-15-7-10-19(28-2)20(11-15)29-3/h4-7,10-11,13-14,18H,8-9,12H2,1-3H3/t14-/m1/s1. The molecule has 29 heavy (non-hydrogen) atoms. The number of halogens is 3. The summed E-state index contributed by atoms with van der Waals surface area (Å²) in [4.78, 5) is 14.8. The number of ether oxygens (including phenoxy) is 2. The molecule has 0 N–H and O–H groups in total. The van der Waals surface area contributed by atoms with Gasteiger partial charge in [-0.2, -0.15) is 13.2 Å². The first-order valence-electron chi connectivity index (χ1n) is 9.43. The van der Waals surface area contributed by atoms with E-state index in [1.54, 1.807) is 36.1 Å². The molecular weight excluding hydrogens is 383 g/mol. The number of alkyl halides is 3. The number of hydrogen-bond acceptors (Lipinski definition) is 3. The summed E-state index contributed by atoms with van der Waals surface area (Å²) in [6.45, 7) is 1.78. The lowest BCUT2D eigenvalue weighted by molar-refractivity contribution is -0.137. The number of benzene rings is 2. The van der Waals surface area contributed by atoms with E-state index in [4.69, 9.17) is 9.47 Å². The Kier molecular flexibility index (Phi) is 6.05. The molecule has 7 heteroatoms. The number of hydrogen-bond donors (Lipinski definition) is 0. The lowest BCUT2D eigenvalue weighted by Crippen LogP contribution is -2.36. The van der Waals surface area contributed by atoms with Gasteiger partial charge in [0.05, 0.1) is 32.2 Å². The molecule has 4 nitrogen and oxygen atoms in total. The number of nitrogens with zero attached hydrogens (tertiary/aromatic N) is 1. The Hall–Kier alpha value is -2.70. The fourth-order valence-corrected chi connectivity index (χ4v) is 3.48. The third-order valence-electron chi connectivity index (χ3n) is 5.15. The summed E-state index contributed by atoms with van der Waals surface area (Å²) >= 11 is 0. The van der Waals surface area contributed by atoms with Crippen molar-refractivity contribution in [2.45, 2.75) is 44.4 Å². The average molecular weight is 407 g/mol. The van der Waals surface area contributed by atoms with Crippen molar-refractivity contribution >= 4 is 5.91 Å². The second-order valence-electron chi connectivity index (χ2n) is 7.20. The molecule has 1 atom stereocenters. The highest BCUT2D eigenvalue weighted by molar-refractivity contribution is 5.80. The molecule has 0 saturated heterocycles. The average Bonchev–Trinajstić information content (AvgIpc) is 3.52. The van der Waals surface area contributed by atoms with E-state index in [0.717, 1.165) is 30.5 Å². The Balaban J connectivity index is 1.82. The third-order valence-corrected chi connectivity index (χ3v) is 5.15. The van der Waals surface area contributed by atoms with Crippen LogP contribution in [-0.2, 0) is 17.4 Å². The summed E-state index contributed by atoms with van der Waals surface area (Å²) < 4.78 is 49.7. The van der Waals surface area contributed by atoms with Crippen LogP contribution in [-0.4, -0.2) is 31.1 Å². The Morgan fingerprint density at radius 2 is 1.79 bits per heavy atom. The minimum atomic E-state index is -4.41. The molecule has 1 amide bonds. The first-order valence-corrected chi connectivity index (χ1v) is 9.43. The van der Waals surface area contributed by atoms with Crippen molar-refractivity contribution < 1.29 is 27.4 Å². The van der Waals surface area contributed by atoms with Crippen LogP contribution in [0.3, 0.4) is 0 Å². The number of methoxy groups -OCH3 is 2. The van der Waals surface area contributed by atoms with Gasteiger partial charge in [0.1, 0.15) is 0 Å². The Morgan fingerprint density at radius 3 is 2.38 bits per heavy atom.